The van der Waals surface area contributed by atoms with Crippen LogP contribution in [0.5, 0.6) is 0 Å². The molecule has 3 rings (SSSR count). The third-order valence-corrected chi connectivity index (χ3v) is 5.15. The van der Waals surface area contributed by atoms with Crippen molar-refractivity contribution in [3.05, 3.63) is 107 Å². The van der Waals surface area contributed by atoms with Gasteiger partial charge < -0.3 is 10.2 Å². The lowest BCUT2D eigenvalue weighted by molar-refractivity contribution is -0.140. The summed E-state index contributed by atoms with van der Waals surface area (Å²) in [6.07, 6.45) is 0.726. The molecule has 30 heavy (non-hydrogen) atoms. The van der Waals surface area contributed by atoms with E-state index in [1.165, 1.54) is 0 Å². The molecular formula is C26H28N2O2. The van der Waals surface area contributed by atoms with E-state index < -0.39 is 6.04 Å². The highest BCUT2D eigenvalue weighted by Crippen LogP contribution is 2.17. The first-order valence-corrected chi connectivity index (χ1v) is 10.2. The van der Waals surface area contributed by atoms with Crippen molar-refractivity contribution in [1.29, 1.82) is 0 Å². The van der Waals surface area contributed by atoms with Crippen molar-refractivity contribution >= 4 is 11.8 Å². The Morgan fingerprint density at radius 2 is 1.43 bits per heavy atom. The molecule has 2 amide bonds. The zero-order valence-electron chi connectivity index (χ0n) is 17.5. The first-order valence-electron chi connectivity index (χ1n) is 10.2. The molecule has 4 heteroatoms. The van der Waals surface area contributed by atoms with Crippen LogP contribution in [0.25, 0.3) is 0 Å². The van der Waals surface area contributed by atoms with Crippen molar-refractivity contribution in [2.75, 3.05) is 7.05 Å². The van der Waals surface area contributed by atoms with Gasteiger partial charge in [0.2, 0.25) is 11.8 Å². The van der Waals surface area contributed by atoms with Crippen LogP contribution < -0.4 is 5.32 Å². The minimum Gasteiger partial charge on any atom is -0.357 e. The normalized spacial score (nSPS) is 11.5. The monoisotopic (exact) mass is 400 g/mol. The maximum absolute atomic E-state index is 13.4. The number of amides is 2. The number of likely N-dealkylation sites (N-methyl/N-ethyl adjacent to an activating group) is 1. The highest BCUT2D eigenvalue weighted by atomic mass is 16.2. The van der Waals surface area contributed by atoms with Crippen molar-refractivity contribution in [3.8, 4) is 0 Å². The molecule has 0 radical (unpaired) electrons. The number of hydrogen-bond acceptors (Lipinski definition) is 2. The molecular weight excluding hydrogens is 372 g/mol. The molecule has 0 spiro atoms. The fourth-order valence-electron chi connectivity index (χ4n) is 3.60. The summed E-state index contributed by atoms with van der Waals surface area (Å²) < 4.78 is 0. The van der Waals surface area contributed by atoms with E-state index in [1.807, 2.05) is 91.9 Å². The van der Waals surface area contributed by atoms with E-state index in [4.69, 9.17) is 0 Å². The molecule has 0 saturated carbocycles. The maximum atomic E-state index is 13.4. The molecule has 1 N–H and O–H groups in total. The zero-order chi connectivity index (χ0) is 21.3. The molecule has 0 aliphatic rings. The van der Waals surface area contributed by atoms with E-state index in [2.05, 4.69) is 5.32 Å². The van der Waals surface area contributed by atoms with Crippen molar-refractivity contribution < 1.29 is 9.59 Å². The Balaban J connectivity index is 1.92. The number of nitrogens with one attached hydrogen (secondary N) is 1. The lowest BCUT2D eigenvalue weighted by atomic mass is 10.0. The molecule has 0 fully saturated rings. The number of rotatable bonds is 8. The molecule has 1 atom stereocenters. The van der Waals surface area contributed by atoms with Crippen LogP contribution in [0.3, 0.4) is 0 Å². The van der Waals surface area contributed by atoms with Gasteiger partial charge >= 0.3 is 0 Å². The minimum absolute atomic E-state index is 0.0611. The topological polar surface area (TPSA) is 49.4 Å². The Morgan fingerprint density at radius 3 is 2.03 bits per heavy atom. The average molecular weight is 401 g/mol. The summed E-state index contributed by atoms with van der Waals surface area (Å²) >= 11 is 0. The summed E-state index contributed by atoms with van der Waals surface area (Å²) in [6.45, 7) is 2.40. The van der Waals surface area contributed by atoms with Gasteiger partial charge in [-0.1, -0.05) is 90.5 Å². The van der Waals surface area contributed by atoms with Crippen LogP contribution in [0.4, 0.5) is 0 Å². The van der Waals surface area contributed by atoms with Gasteiger partial charge in [0.15, 0.2) is 0 Å². The van der Waals surface area contributed by atoms with Crippen LogP contribution in [-0.4, -0.2) is 29.8 Å². The van der Waals surface area contributed by atoms with Crippen molar-refractivity contribution in [2.45, 2.75) is 32.4 Å². The predicted octanol–water partition coefficient (Wildman–Crippen LogP) is 3.92. The van der Waals surface area contributed by atoms with Gasteiger partial charge in [-0.05, 0) is 23.6 Å². The van der Waals surface area contributed by atoms with E-state index in [0.29, 0.717) is 13.0 Å². The highest BCUT2D eigenvalue weighted by Gasteiger charge is 2.29. The van der Waals surface area contributed by atoms with Crippen LogP contribution in [-0.2, 0) is 29.0 Å². The second-order valence-electron chi connectivity index (χ2n) is 7.49. The highest BCUT2D eigenvalue weighted by molar-refractivity contribution is 5.88. The first kappa shape index (κ1) is 21.3. The molecule has 154 valence electrons. The summed E-state index contributed by atoms with van der Waals surface area (Å²) in [5.74, 6) is -0.221. The molecule has 4 nitrogen and oxygen atoms in total. The number of benzene rings is 3. The van der Waals surface area contributed by atoms with Gasteiger partial charge in [-0.25, -0.2) is 0 Å². The van der Waals surface area contributed by atoms with Crippen LogP contribution in [0.2, 0.25) is 0 Å². The molecule has 0 aliphatic carbocycles. The largest absolute Gasteiger partial charge is 0.357 e. The third kappa shape index (κ3) is 5.80. The average Bonchev–Trinajstić information content (AvgIpc) is 2.77. The van der Waals surface area contributed by atoms with Gasteiger partial charge in [0.25, 0.3) is 0 Å². The van der Waals surface area contributed by atoms with Crippen LogP contribution >= 0.6 is 0 Å². The van der Waals surface area contributed by atoms with Crippen LogP contribution in [0.1, 0.15) is 22.3 Å². The Kier molecular flexibility index (Phi) is 7.39. The van der Waals surface area contributed by atoms with Crippen molar-refractivity contribution in [3.63, 3.8) is 0 Å². The summed E-state index contributed by atoms with van der Waals surface area (Å²) in [6, 6.07) is 27.0. The molecule has 0 saturated heterocycles. The standard InChI is InChI=1S/C26H28N2O2/c1-20-10-9-15-23(16-20)18-25(29)28(19-22-13-7-4-8-14-22)24(26(30)27-2)17-21-11-5-3-6-12-21/h3-16,24H,17-19H2,1-2H3,(H,27,30). The van der Waals surface area contributed by atoms with E-state index >= 15 is 0 Å². The fraction of sp³-hybridized carbons (Fsp3) is 0.231. The Bertz CT molecular complexity index is 971. The summed E-state index contributed by atoms with van der Waals surface area (Å²) in [5.41, 5.74) is 4.08. The number of carbonyl (C=O) groups excluding carboxylic acids is 2. The van der Waals surface area contributed by atoms with Gasteiger partial charge in [0, 0.05) is 20.0 Å². The number of nitrogens with zero attached hydrogens (tertiary/aromatic N) is 1. The quantitative estimate of drug-likeness (QED) is 0.623. The molecule has 0 aliphatic heterocycles. The molecule has 1 unspecified atom stereocenters. The van der Waals surface area contributed by atoms with E-state index in [-0.39, 0.29) is 18.2 Å². The molecule has 0 bridgehead atoms. The van der Waals surface area contributed by atoms with Gasteiger partial charge in [0.1, 0.15) is 6.04 Å². The third-order valence-electron chi connectivity index (χ3n) is 5.15. The molecule has 3 aromatic rings. The Hall–Kier alpha value is -3.40. The number of aryl methyl sites for hydroxylation is 1. The lowest BCUT2D eigenvalue weighted by Gasteiger charge is -2.31. The second-order valence-corrected chi connectivity index (χ2v) is 7.49. The second kappa shape index (κ2) is 10.4. The van der Waals surface area contributed by atoms with Crippen LogP contribution in [0.15, 0.2) is 84.9 Å². The maximum Gasteiger partial charge on any atom is 0.242 e. The van der Waals surface area contributed by atoms with E-state index in [1.54, 1.807) is 11.9 Å². The fourth-order valence-corrected chi connectivity index (χ4v) is 3.60. The van der Waals surface area contributed by atoms with Gasteiger partial charge in [-0.2, -0.15) is 0 Å². The van der Waals surface area contributed by atoms with Crippen molar-refractivity contribution in [1.82, 2.24) is 10.2 Å². The number of carbonyl (C=O) groups is 2. The SMILES string of the molecule is CNC(=O)C(Cc1ccccc1)N(Cc1ccccc1)C(=O)Cc1cccc(C)c1. The Labute approximate surface area is 178 Å². The van der Waals surface area contributed by atoms with E-state index in [9.17, 15) is 9.59 Å². The summed E-state index contributed by atoms with van der Waals surface area (Å²) in [7, 11) is 1.62. The van der Waals surface area contributed by atoms with Gasteiger partial charge in [-0.3, -0.25) is 9.59 Å². The smallest absolute Gasteiger partial charge is 0.242 e. The molecule has 3 aromatic carbocycles. The Morgan fingerprint density at radius 1 is 0.833 bits per heavy atom. The van der Waals surface area contributed by atoms with Crippen LogP contribution in [0, 0.1) is 6.92 Å². The molecule has 0 aromatic heterocycles. The van der Waals surface area contributed by atoms with Crippen molar-refractivity contribution in [2.24, 2.45) is 0 Å². The number of hydrogen-bond donors (Lipinski definition) is 1. The first-order chi connectivity index (χ1) is 14.6. The summed E-state index contributed by atoms with van der Waals surface area (Å²) in [4.78, 5) is 28.0. The van der Waals surface area contributed by atoms with Gasteiger partial charge in [-0.15, -0.1) is 0 Å². The van der Waals surface area contributed by atoms with E-state index in [0.717, 1.165) is 22.3 Å². The zero-order valence-corrected chi connectivity index (χ0v) is 17.5. The lowest BCUT2D eigenvalue weighted by Crippen LogP contribution is -2.50. The molecule has 0 heterocycles. The minimum atomic E-state index is -0.588. The summed E-state index contributed by atoms with van der Waals surface area (Å²) in [5, 5.41) is 2.75. The van der Waals surface area contributed by atoms with Gasteiger partial charge in [0.05, 0.1) is 6.42 Å². The predicted molar refractivity (Wildman–Crippen MR) is 120 cm³/mol.